The van der Waals surface area contributed by atoms with Gasteiger partial charge >= 0.3 is 11.9 Å². The van der Waals surface area contributed by atoms with Crippen molar-refractivity contribution < 1.29 is 39.3 Å². The van der Waals surface area contributed by atoms with Crippen LogP contribution in [0.1, 0.15) is 20.7 Å². The first-order valence-corrected chi connectivity index (χ1v) is 5.18. The summed E-state index contributed by atoms with van der Waals surface area (Å²) in [6, 6.07) is 16.6. The Kier molecular flexibility index (Phi) is 8.06. The molecule has 0 saturated heterocycles. The van der Waals surface area contributed by atoms with E-state index in [4.69, 9.17) is 10.2 Å². The standard InChI is InChI=1S/2C7H6O2.Ru/c2*8-7(9)6-4-2-1-3-5-6;/h2*1-5H,(H,8,9);. The molecule has 0 heterocycles. The fourth-order valence-electron chi connectivity index (χ4n) is 1.16. The van der Waals surface area contributed by atoms with Gasteiger partial charge in [-0.2, -0.15) is 0 Å². The second-order valence-electron chi connectivity index (χ2n) is 3.34. The van der Waals surface area contributed by atoms with Crippen molar-refractivity contribution in [3.8, 4) is 0 Å². The smallest absolute Gasteiger partial charge is 0.335 e. The summed E-state index contributed by atoms with van der Waals surface area (Å²) in [6.07, 6.45) is 0. The van der Waals surface area contributed by atoms with E-state index in [1.807, 2.05) is 0 Å². The molecule has 100 valence electrons. The van der Waals surface area contributed by atoms with Crippen LogP contribution in [0.5, 0.6) is 0 Å². The number of hydrogen-bond donors (Lipinski definition) is 2. The van der Waals surface area contributed by atoms with Crippen LogP contribution in [0.3, 0.4) is 0 Å². The molecule has 4 nitrogen and oxygen atoms in total. The maximum atomic E-state index is 10.2. The Hall–Kier alpha value is -2.00. The summed E-state index contributed by atoms with van der Waals surface area (Å²) >= 11 is 0. The van der Waals surface area contributed by atoms with Crippen LogP contribution < -0.4 is 0 Å². The van der Waals surface area contributed by atoms with Crippen molar-refractivity contribution in [3.05, 3.63) is 71.8 Å². The molecule has 0 aliphatic carbocycles. The molecule has 0 aliphatic heterocycles. The quantitative estimate of drug-likeness (QED) is 0.821. The van der Waals surface area contributed by atoms with E-state index >= 15 is 0 Å². The van der Waals surface area contributed by atoms with Gasteiger partial charge in [-0.15, -0.1) is 0 Å². The second-order valence-corrected chi connectivity index (χ2v) is 3.34. The summed E-state index contributed by atoms with van der Waals surface area (Å²) < 4.78 is 0. The van der Waals surface area contributed by atoms with Gasteiger partial charge in [0.1, 0.15) is 0 Å². The Morgan fingerprint density at radius 3 is 1.05 bits per heavy atom. The van der Waals surface area contributed by atoms with Gasteiger partial charge in [-0.25, -0.2) is 9.59 Å². The van der Waals surface area contributed by atoms with E-state index in [1.54, 1.807) is 60.7 Å². The van der Waals surface area contributed by atoms with Gasteiger partial charge in [0, 0.05) is 19.5 Å². The zero-order chi connectivity index (χ0) is 13.4. The fraction of sp³-hybridized carbons (Fsp3) is 0. The van der Waals surface area contributed by atoms with E-state index in [2.05, 4.69) is 0 Å². The first-order valence-electron chi connectivity index (χ1n) is 5.18. The summed E-state index contributed by atoms with van der Waals surface area (Å²) in [6.45, 7) is 0. The number of aromatic carboxylic acids is 2. The van der Waals surface area contributed by atoms with Crippen molar-refractivity contribution in [1.82, 2.24) is 0 Å². The number of carboxylic acid groups (broad SMARTS) is 2. The third-order valence-electron chi connectivity index (χ3n) is 2.04. The van der Waals surface area contributed by atoms with E-state index < -0.39 is 11.9 Å². The molecule has 0 radical (unpaired) electrons. The molecule has 0 fully saturated rings. The minimum absolute atomic E-state index is 0. The molecule has 0 saturated carbocycles. The van der Waals surface area contributed by atoms with Gasteiger partial charge in [0.2, 0.25) is 0 Å². The molecule has 2 aromatic carbocycles. The average Bonchev–Trinajstić information content (AvgIpc) is 2.41. The summed E-state index contributed by atoms with van der Waals surface area (Å²) in [4.78, 5) is 20.4. The number of carboxylic acids is 2. The van der Waals surface area contributed by atoms with Gasteiger partial charge in [0.25, 0.3) is 0 Å². The van der Waals surface area contributed by atoms with Crippen LogP contribution in [0.2, 0.25) is 0 Å². The Balaban J connectivity index is 0.000000324. The number of carbonyl (C=O) groups is 2. The van der Waals surface area contributed by atoms with Crippen LogP contribution >= 0.6 is 0 Å². The average molecular weight is 345 g/mol. The summed E-state index contributed by atoms with van der Waals surface area (Å²) in [7, 11) is 0. The Labute approximate surface area is 123 Å². The van der Waals surface area contributed by atoms with Gasteiger partial charge < -0.3 is 10.2 Å². The van der Waals surface area contributed by atoms with E-state index in [-0.39, 0.29) is 19.5 Å². The topological polar surface area (TPSA) is 74.6 Å². The van der Waals surface area contributed by atoms with Gasteiger partial charge in [0.15, 0.2) is 0 Å². The van der Waals surface area contributed by atoms with Crippen molar-refractivity contribution in [2.24, 2.45) is 0 Å². The maximum Gasteiger partial charge on any atom is 0.335 e. The predicted octanol–water partition coefficient (Wildman–Crippen LogP) is 2.77. The van der Waals surface area contributed by atoms with E-state index in [0.29, 0.717) is 11.1 Å². The van der Waals surface area contributed by atoms with E-state index in [1.165, 1.54) is 0 Å². The zero-order valence-electron chi connectivity index (χ0n) is 9.84. The SMILES string of the molecule is O=C(O)c1ccccc1.O=C(O)c1ccccc1.[Ru]. The molecule has 0 aliphatic rings. The van der Waals surface area contributed by atoms with Crippen molar-refractivity contribution in [2.75, 3.05) is 0 Å². The summed E-state index contributed by atoms with van der Waals surface area (Å²) in [5.41, 5.74) is 0.662. The van der Waals surface area contributed by atoms with Crippen LogP contribution in [0.25, 0.3) is 0 Å². The monoisotopic (exact) mass is 346 g/mol. The maximum absolute atomic E-state index is 10.2. The third-order valence-corrected chi connectivity index (χ3v) is 2.04. The normalized spacial score (nSPS) is 8.42. The fourth-order valence-corrected chi connectivity index (χ4v) is 1.16. The van der Waals surface area contributed by atoms with Crippen LogP contribution in [0.15, 0.2) is 60.7 Å². The molecule has 0 atom stereocenters. The molecule has 0 aromatic heterocycles. The number of hydrogen-bond acceptors (Lipinski definition) is 2. The van der Waals surface area contributed by atoms with Gasteiger partial charge in [0.05, 0.1) is 11.1 Å². The van der Waals surface area contributed by atoms with Crippen LogP contribution in [0, 0.1) is 0 Å². The van der Waals surface area contributed by atoms with Crippen LogP contribution in [-0.4, -0.2) is 22.2 Å². The van der Waals surface area contributed by atoms with Crippen molar-refractivity contribution in [2.45, 2.75) is 0 Å². The van der Waals surface area contributed by atoms with Crippen molar-refractivity contribution in [1.29, 1.82) is 0 Å². The van der Waals surface area contributed by atoms with E-state index in [0.717, 1.165) is 0 Å². The van der Waals surface area contributed by atoms with E-state index in [9.17, 15) is 9.59 Å². The molecule has 19 heavy (non-hydrogen) atoms. The first-order chi connectivity index (χ1) is 8.61. The molecular formula is C14H12O4Ru. The largest absolute Gasteiger partial charge is 0.478 e. The number of benzene rings is 2. The van der Waals surface area contributed by atoms with Crippen molar-refractivity contribution in [3.63, 3.8) is 0 Å². The summed E-state index contributed by atoms with van der Waals surface area (Å²) in [5.74, 6) is -1.76. The van der Waals surface area contributed by atoms with Crippen LogP contribution in [0.4, 0.5) is 0 Å². The minimum Gasteiger partial charge on any atom is -0.478 e. The molecule has 0 spiro atoms. The second kappa shape index (κ2) is 9.00. The predicted molar refractivity (Wildman–Crippen MR) is 66.8 cm³/mol. The summed E-state index contributed by atoms with van der Waals surface area (Å²) in [5, 5.41) is 16.8. The Bertz CT molecular complexity index is 462. The van der Waals surface area contributed by atoms with Gasteiger partial charge in [-0.05, 0) is 24.3 Å². The molecule has 0 amide bonds. The molecule has 0 unspecified atom stereocenters. The zero-order valence-corrected chi connectivity index (χ0v) is 11.6. The van der Waals surface area contributed by atoms with Gasteiger partial charge in [-0.3, -0.25) is 0 Å². The van der Waals surface area contributed by atoms with Crippen molar-refractivity contribution >= 4 is 11.9 Å². The van der Waals surface area contributed by atoms with Crippen LogP contribution in [-0.2, 0) is 19.5 Å². The molecule has 0 bridgehead atoms. The molecule has 2 rings (SSSR count). The Morgan fingerprint density at radius 1 is 0.632 bits per heavy atom. The first kappa shape index (κ1) is 17.0. The van der Waals surface area contributed by atoms with Gasteiger partial charge in [-0.1, -0.05) is 36.4 Å². The molecule has 2 N–H and O–H groups in total. The molecule has 5 heteroatoms. The Morgan fingerprint density at radius 2 is 0.895 bits per heavy atom. The minimum atomic E-state index is -0.879. The molecular weight excluding hydrogens is 333 g/mol. The number of rotatable bonds is 2. The molecule has 2 aromatic rings. The third kappa shape index (κ3) is 6.48.